The lowest BCUT2D eigenvalue weighted by atomic mass is 10.2. The van der Waals surface area contributed by atoms with E-state index in [2.05, 4.69) is 4.99 Å². The third-order valence-corrected chi connectivity index (χ3v) is 2.21. The summed E-state index contributed by atoms with van der Waals surface area (Å²) in [6.07, 6.45) is 0. The lowest BCUT2D eigenvalue weighted by molar-refractivity contribution is 0.0673. The average molecular weight is 329 g/mol. The highest BCUT2D eigenvalue weighted by Gasteiger charge is 2.12. The number of ether oxygens (including phenoxy) is 1. The summed E-state index contributed by atoms with van der Waals surface area (Å²) in [4.78, 5) is 6.23. The molecule has 1 fully saturated rings. The Morgan fingerprint density at radius 1 is 1.53 bits per heavy atom. The quantitative estimate of drug-likeness (QED) is 0.430. The summed E-state index contributed by atoms with van der Waals surface area (Å²) in [5, 5.41) is 8.81. The molecule has 0 amide bonds. The number of hydrogen-bond acceptors (Lipinski definition) is 3. The number of morpholine rings is 1. The molecule has 0 bridgehead atoms. The number of nitrogens with two attached hydrogens (primary N) is 1. The minimum Gasteiger partial charge on any atom is -0.396 e. The molecular formula is C9H20IN3O2. The van der Waals surface area contributed by atoms with Gasteiger partial charge in [-0.15, -0.1) is 24.0 Å². The lowest BCUT2D eigenvalue weighted by Gasteiger charge is -2.27. The molecule has 3 N–H and O–H groups in total. The standard InChI is InChI=1S/C9H19N3O2.HI/c1-8(7-13)6-11-9(10)12-2-4-14-5-3-12;/h8,13H,2-7H2,1H3,(H2,10,11);1H. The van der Waals surface area contributed by atoms with Crippen LogP contribution in [0, 0.1) is 5.92 Å². The maximum Gasteiger partial charge on any atom is 0.191 e. The number of nitrogens with zero attached hydrogens (tertiary/aromatic N) is 2. The van der Waals surface area contributed by atoms with Crippen molar-refractivity contribution in [1.29, 1.82) is 0 Å². The van der Waals surface area contributed by atoms with Crippen LogP contribution in [0.2, 0.25) is 0 Å². The third-order valence-electron chi connectivity index (χ3n) is 2.21. The topological polar surface area (TPSA) is 71.1 Å². The Bertz CT molecular complexity index is 196. The minimum absolute atomic E-state index is 0. The number of halogens is 1. The van der Waals surface area contributed by atoms with E-state index in [1.54, 1.807) is 0 Å². The second kappa shape index (κ2) is 8.12. The molecule has 0 radical (unpaired) electrons. The Kier molecular flexibility index (Phi) is 8.07. The van der Waals surface area contributed by atoms with Crippen LogP contribution in [0.4, 0.5) is 0 Å². The highest BCUT2D eigenvalue weighted by molar-refractivity contribution is 14.0. The van der Waals surface area contributed by atoms with Crippen molar-refractivity contribution in [2.45, 2.75) is 6.92 Å². The molecule has 0 spiro atoms. The zero-order chi connectivity index (χ0) is 10.4. The molecule has 0 aromatic carbocycles. The summed E-state index contributed by atoms with van der Waals surface area (Å²) >= 11 is 0. The first kappa shape index (κ1) is 14.9. The fourth-order valence-corrected chi connectivity index (χ4v) is 1.20. The van der Waals surface area contributed by atoms with Crippen LogP contribution in [0.15, 0.2) is 4.99 Å². The molecule has 15 heavy (non-hydrogen) atoms. The first-order chi connectivity index (χ1) is 6.74. The van der Waals surface area contributed by atoms with E-state index < -0.39 is 0 Å². The van der Waals surface area contributed by atoms with Crippen molar-refractivity contribution in [2.24, 2.45) is 16.6 Å². The van der Waals surface area contributed by atoms with Crippen LogP contribution in [0.5, 0.6) is 0 Å². The van der Waals surface area contributed by atoms with E-state index in [4.69, 9.17) is 15.6 Å². The molecule has 1 unspecified atom stereocenters. The zero-order valence-corrected chi connectivity index (χ0v) is 11.4. The number of rotatable bonds is 3. The molecule has 5 nitrogen and oxygen atoms in total. The van der Waals surface area contributed by atoms with Gasteiger partial charge in [-0.1, -0.05) is 6.92 Å². The number of guanidine groups is 1. The van der Waals surface area contributed by atoms with Crippen molar-refractivity contribution in [3.8, 4) is 0 Å². The smallest absolute Gasteiger partial charge is 0.191 e. The number of aliphatic hydroxyl groups excluding tert-OH is 1. The third kappa shape index (κ3) is 5.53. The van der Waals surface area contributed by atoms with E-state index in [-0.39, 0.29) is 36.5 Å². The summed E-state index contributed by atoms with van der Waals surface area (Å²) in [5.41, 5.74) is 5.79. The molecule has 6 heteroatoms. The molecule has 1 aliphatic heterocycles. The molecule has 1 heterocycles. The van der Waals surface area contributed by atoms with Gasteiger partial charge in [-0.25, -0.2) is 0 Å². The van der Waals surface area contributed by atoms with Gasteiger partial charge in [-0.05, 0) is 5.92 Å². The highest BCUT2D eigenvalue weighted by Crippen LogP contribution is 1.98. The van der Waals surface area contributed by atoms with Crippen LogP contribution in [0.25, 0.3) is 0 Å². The second-order valence-corrected chi connectivity index (χ2v) is 3.59. The van der Waals surface area contributed by atoms with Gasteiger partial charge in [-0.2, -0.15) is 0 Å². The Morgan fingerprint density at radius 3 is 2.67 bits per heavy atom. The van der Waals surface area contributed by atoms with E-state index in [0.717, 1.165) is 13.1 Å². The van der Waals surface area contributed by atoms with Gasteiger partial charge in [0.05, 0.1) is 13.2 Å². The fourth-order valence-electron chi connectivity index (χ4n) is 1.20. The van der Waals surface area contributed by atoms with Crippen molar-refractivity contribution < 1.29 is 9.84 Å². The van der Waals surface area contributed by atoms with Crippen molar-refractivity contribution in [2.75, 3.05) is 39.5 Å². The van der Waals surface area contributed by atoms with Crippen LogP contribution < -0.4 is 5.73 Å². The Labute approximate surface area is 108 Å². The molecule has 1 atom stereocenters. The van der Waals surface area contributed by atoms with Crippen molar-refractivity contribution in [1.82, 2.24) is 4.90 Å². The molecular weight excluding hydrogens is 309 g/mol. The largest absolute Gasteiger partial charge is 0.396 e. The second-order valence-electron chi connectivity index (χ2n) is 3.59. The molecule has 1 rings (SSSR count). The zero-order valence-electron chi connectivity index (χ0n) is 9.06. The first-order valence-electron chi connectivity index (χ1n) is 4.97. The van der Waals surface area contributed by atoms with E-state index in [1.807, 2.05) is 11.8 Å². The van der Waals surface area contributed by atoms with E-state index in [9.17, 15) is 0 Å². The molecule has 90 valence electrons. The maximum absolute atomic E-state index is 8.81. The van der Waals surface area contributed by atoms with Gasteiger partial charge < -0.3 is 20.5 Å². The fraction of sp³-hybridized carbons (Fsp3) is 0.889. The monoisotopic (exact) mass is 329 g/mol. The van der Waals surface area contributed by atoms with Gasteiger partial charge >= 0.3 is 0 Å². The number of aliphatic hydroxyl groups is 1. The summed E-state index contributed by atoms with van der Waals surface area (Å²) in [6, 6.07) is 0. The van der Waals surface area contributed by atoms with Crippen LogP contribution in [0.1, 0.15) is 6.92 Å². The molecule has 0 aromatic heterocycles. The molecule has 0 aliphatic carbocycles. The highest BCUT2D eigenvalue weighted by atomic mass is 127. The van der Waals surface area contributed by atoms with Crippen LogP contribution in [-0.2, 0) is 4.74 Å². The number of aliphatic imine (C=N–C) groups is 1. The Hall–Kier alpha value is -0.0800. The maximum atomic E-state index is 8.81. The van der Waals surface area contributed by atoms with Crippen LogP contribution in [-0.4, -0.2) is 55.4 Å². The van der Waals surface area contributed by atoms with Crippen molar-refractivity contribution in [3.05, 3.63) is 0 Å². The van der Waals surface area contributed by atoms with Gasteiger partial charge in [0.2, 0.25) is 0 Å². The van der Waals surface area contributed by atoms with Crippen molar-refractivity contribution >= 4 is 29.9 Å². The van der Waals surface area contributed by atoms with E-state index >= 15 is 0 Å². The molecule has 1 aliphatic rings. The molecule has 0 saturated carbocycles. The van der Waals surface area contributed by atoms with Crippen molar-refractivity contribution in [3.63, 3.8) is 0 Å². The van der Waals surface area contributed by atoms with Gasteiger partial charge in [0, 0.05) is 26.2 Å². The summed E-state index contributed by atoms with van der Waals surface area (Å²) in [5.74, 6) is 0.739. The van der Waals surface area contributed by atoms with Crippen LogP contribution >= 0.6 is 24.0 Å². The van der Waals surface area contributed by atoms with Gasteiger partial charge in [0.15, 0.2) is 5.96 Å². The van der Waals surface area contributed by atoms with Gasteiger partial charge in [0.1, 0.15) is 0 Å². The van der Waals surface area contributed by atoms with E-state index in [1.165, 1.54) is 0 Å². The van der Waals surface area contributed by atoms with Crippen LogP contribution in [0.3, 0.4) is 0 Å². The van der Waals surface area contributed by atoms with Gasteiger partial charge in [-0.3, -0.25) is 4.99 Å². The lowest BCUT2D eigenvalue weighted by Crippen LogP contribution is -2.45. The average Bonchev–Trinajstić information content (AvgIpc) is 2.26. The predicted octanol–water partition coefficient (Wildman–Crippen LogP) is -0.120. The normalized spacial score (nSPS) is 19.6. The molecule has 0 aromatic rings. The Morgan fingerprint density at radius 2 is 2.13 bits per heavy atom. The van der Waals surface area contributed by atoms with E-state index in [0.29, 0.717) is 25.7 Å². The molecule has 1 saturated heterocycles. The minimum atomic E-state index is 0. The Balaban J connectivity index is 0.00000196. The first-order valence-corrected chi connectivity index (χ1v) is 4.97. The predicted molar refractivity (Wildman–Crippen MR) is 70.5 cm³/mol. The summed E-state index contributed by atoms with van der Waals surface area (Å²) in [6.45, 7) is 5.72. The van der Waals surface area contributed by atoms with Gasteiger partial charge in [0.25, 0.3) is 0 Å². The number of hydrogen-bond donors (Lipinski definition) is 2. The SMILES string of the molecule is CC(CO)CN=C(N)N1CCOCC1.I. The summed E-state index contributed by atoms with van der Waals surface area (Å²) < 4.78 is 5.20. The summed E-state index contributed by atoms with van der Waals surface area (Å²) in [7, 11) is 0.